The second kappa shape index (κ2) is 13.3. The highest BCUT2D eigenvalue weighted by Crippen LogP contribution is 2.23. The Morgan fingerprint density at radius 2 is 1.75 bits per heavy atom. The number of hydrogen-bond acceptors (Lipinski definition) is 5. The molecule has 3 N–H and O–H groups in total. The van der Waals surface area contributed by atoms with Gasteiger partial charge in [0.1, 0.15) is 5.76 Å². The van der Waals surface area contributed by atoms with Crippen molar-refractivity contribution in [3.8, 4) is 11.3 Å². The molecule has 0 spiro atoms. The minimum absolute atomic E-state index is 0.00728. The van der Waals surface area contributed by atoms with Gasteiger partial charge in [-0.15, -0.1) is 0 Å². The van der Waals surface area contributed by atoms with Crippen molar-refractivity contribution in [2.24, 2.45) is 5.92 Å². The molecular formula is C24H33N3O5. The summed E-state index contributed by atoms with van der Waals surface area (Å²) in [4.78, 5) is 35.6. The van der Waals surface area contributed by atoms with Crippen molar-refractivity contribution < 1.29 is 23.5 Å². The molecule has 3 amide bonds. The molecule has 1 fully saturated rings. The maximum Gasteiger partial charge on any atom is 0.287 e. The number of nitrogens with one attached hydrogen (secondary N) is 3. The van der Waals surface area contributed by atoms with E-state index in [0.29, 0.717) is 25.5 Å². The third kappa shape index (κ3) is 7.85. The van der Waals surface area contributed by atoms with Crippen LogP contribution in [0.5, 0.6) is 0 Å². The average Bonchev–Trinajstić information content (AvgIpc) is 3.32. The van der Waals surface area contributed by atoms with Gasteiger partial charge in [-0.3, -0.25) is 14.4 Å². The first-order valence-corrected chi connectivity index (χ1v) is 11.0. The highest BCUT2D eigenvalue weighted by Gasteiger charge is 2.21. The van der Waals surface area contributed by atoms with Crippen molar-refractivity contribution in [2.75, 3.05) is 26.8 Å². The van der Waals surface area contributed by atoms with Crippen molar-refractivity contribution in [1.82, 2.24) is 16.0 Å². The quantitative estimate of drug-likeness (QED) is 0.610. The zero-order chi connectivity index (χ0) is 23.3. The summed E-state index contributed by atoms with van der Waals surface area (Å²) in [7, 11) is 1.50. The Kier molecular flexibility index (Phi) is 10.5. The molecular weight excluding hydrogens is 410 g/mol. The Morgan fingerprint density at radius 1 is 1.03 bits per heavy atom. The minimum Gasteiger partial charge on any atom is -0.451 e. The highest BCUT2D eigenvalue weighted by molar-refractivity contribution is 5.94. The lowest BCUT2D eigenvalue weighted by atomic mass is 9.99. The molecule has 2 aromatic rings. The third-order valence-electron chi connectivity index (χ3n) is 4.79. The van der Waals surface area contributed by atoms with E-state index in [2.05, 4.69) is 29.8 Å². The fraction of sp³-hybridized carbons (Fsp3) is 0.458. The van der Waals surface area contributed by atoms with Crippen molar-refractivity contribution in [3.05, 3.63) is 47.7 Å². The molecule has 1 aliphatic rings. The van der Waals surface area contributed by atoms with Crippen LogP contribution in [0.3, 0.4) is 0 Å². The van der Waals surface area contributed by atoms with Crippen LogP contribution in [0.4, 0.5) is 0 Å². The van der Waals surface area contributed by atoms with Gasteiger partial charge in [0.25, 0.3) is 5.91 Å². The van der Waals surface area contributed by atoms with E-state index in [1.165, 1.54) is 13.5 Å². The van der Waals surface area contributed by atoms with Crippen molar-refractivity contribution in [1.29, 1.82) is 0 Å². The Hall–Kier alpha value is -3.13. The van der Waals surface area contributed by atoms with Crippen LogP contribution in [0.15, 0.2) is 40.8 Å². The van der Waals surface area contributed by atoms with Gasteiger partial charge in [-0.2, -0.15) is 0 Å². The van der Waals surface area contributed by atoms with Crippen LogP contribution in [0.2, 0.25) is 0 Å². The first-order chi connectivity index (χ1) is 15.5. The molecule has 32 heavy (non-hydrogen) atoms. The number of carbonyl (C=O) groups excluding carboxylic acids is 3. The zero-order valence-corrected chi connectivity index (χ0v) is 19.0. The van der Waals surface area contributed by atoms with Crippen molar-refractivity contribution in [2.45, 2.75) is 39.7 Å². The largest absolute Gasteiger partial charge is 0.451 e. The number of benzene rings is 1. The number of hydrogen-bond donors (Lipinski definition) is 3. The third-order valence-corrected chi connectivity index (χ3v) is 4.79. The van der Waals surface area contributed by atoms with Gasteiger partial charge in [-0.05, 0) is 36.6 Å². The van der Waals surface area contributed by atoms with Gasteiger partial charge in [0.05, 0.1) is 6.54 Å². The molecule has 0 saturated carbocycles. The molecule has 0 radical (unpaired) electrons. The first-order valence-electron chi connectivity index (χ1n) is 11.0. The topological polar surface area (TPSA) is 110 Å². The first kappa shape index (κ1) is 25.1. The molecule has 3 rings (SSSR count). The minimum atomic E-state index is -0.459. The Morgan fingerprint density at radius 3 is 2.44 bits per heavy atom. The van der Waals surface area contributed by atoms with Gasteiger partial charge in [-0.25, -0.2) is 0 Å². The van der Waals surface area contributed by atoms with E-state index in [1.807, 2.05) is 24.3 Å². The number of rotatable bonds is 7. The van der Waals surface area contributed by atoms with E-state index >= 15 is 0 Å². The van der Waals surface area contributed by atoms with Crippen molar-refractivity contribution >= 4 is 17.7 Å². The summed E-state index contributed by atoms with van der Waals surface area (Å²) < 4.78 is 10.9. The maximum absolute atomic E-state index is 12.3. The molecule has 2 heterocycles. The summed E-state index contributed by atoms with van der Waals surface area (Å²) in [5.74, 6) is -0.0326. The molecule has 1 aromatic carbocycles. The van der Waals surface area contributed by atoms with Gasteiger partial charge in [0, 0.05) is 38.3 Å². The lowest BCUT2D eigenvalue weighted by Gasteiger charge is -2.21. The van der Waals surface area contributed by atoms with Crippen LogP contribution in [0, 0.1) is 5.92 Å². The summed E-state index contributed by atoms with van der Waals surface area (Å²) in [6.45, 7) is 5.81. The molecule has 8 heteroatoms. The van der Waals surface area contributed by atoms with E-state index < -0.39 is 5.91 Å². The van der Waals surface area contributed by atoms with Gasteiger partial charge < -0.3 is 25.1 Å². The van der Waals surface area contributed by atoms with Crippen LogP contribution in [0.25, 0.3) is 11.3 Å². The fourth-order valence-corrected chi connectivity index (χ4v) is 3.08. The summed E-state index contributed by atoms with van der Waals surface area (Å²) >= 11 is 0. The van der Waals surface area contributed by atoms with Crippen LogP contribution in [-0.2, 0) is 20.9 Å². The molecule has 0 bridgehead atoms. The molecule has 174 valence electrons. The van der Waals surface area contributed by atoms with E-state index in [4.69, 9.17) is 9.15 Å². The second-order valence-electron chi connectivity index (χ2n) is 7.53. The normalized spacial score (nSPS) is 13.5. The zero-order valence-electron chi connectivity index (χ0n) is 19.0. The highest BCUT2D eigenvalue weighted by atomic mass is 16.5. The molecule has 1 aliphatic heterocycles. The van der Waals surface area contributed by atoms with Crippen molar-refractivity contribution in [3.63, 3.8) is 0 Å². The average molecular weight is 444 g/mol. The van der Waals surface area contributed by atoms with Gasteiger partial charge in [-0.1, -0.05) is 38.5 Å². The standard InChI is InChI=1S/C21H25N3O5.C3H8/c1-22-19(25)13-24-21(27)18-6-5-17(29-18)16-4-2-3-14(11-16)12-23-20(26)15-7-9-28-10-8-15;1-3-2/h2-6,11,15H,7-10,12-13H2,1H3,(H,22,25)(H,23,26)(H,24,27);3H2,1-2H3. The van der Waals surface area contributed by atoms with E-state index in [0.717, 1.165) is 24.0 Å². The number of amides is 3. The van der Waals surface area contributed by atoms with Gasteiger partial charge in [0.15, 0.2) is 5.76 Å². The molecule has 1 saturated heterocycles. The molecule has 8 nitrogen and oxygen atoms in total. The van der Waals surface area contributed by atoms with E-state index in [-0.39, 0.29) is 30.0 Å². The molecule has 0 atom stereocenters. The number of carbonyl (C=O) groups is 3. The van der Waals surface area contributed by atoms with E-state index in [1.54, 1.807) is 12.1 Å². The Labute approximate surface area is 189 Å². The Bertz CT molecular complexity index is 887. The van der Waals surface area contributed by atoms with E-state index in [9.17, 15) is 14.4 Å². The number of furan rings is 1. The van der Waals surface area contributed by atoms with Crippen LogP contribution in [-0.4, -0.2) is 44.5 Å². The molecule has 0 unspecified atom stereocenters. The number of ether oxygens (including phenoxy) is 1. The van der Waals surface area contributed by atoms with Gasteiger partial charge in [0.2, 0.25) is 11.8 Å². The lowest BCUT2D eigenvalue weighted by Crippen LogP contribution is -2.34. The SMILES string of the molecule is CCC.CNC(=O)CNC(=O)c1ccc(-c2cccc(CNC(=O)C3CCOCC3)c2)o1. The summed E-state index contributed by atoms with van der Waals surface area (Å²) in [6, 6.07) is 10.8. The second-order valence-corrected chi connectivity index (χ2v) is 7.53. The lowest BCUT2D eigenvalue weighted by molar-refractivity contribution is -0.128. The Balaban J connectivity index is 0.00000114. The maximum atomic E-state index is 12.3. The fourth-order valence-electron chi connectivity index (χ4n) is 3.08. The summed E-state index contributed by atoms with van der Waals surface area (Å²) in [5, 5.41) is 7.89. The van der Waals surface area contributed by atoms with Gasteiger partial charge >= 0.3 is 0 Å². The summed E-state index contributed by atoms with van der Waals surface area (Å²) in [5.41, 5.74) is 1.73. The predicted octanol–water partition coefficient (Wildman–Crippen LogP) is 2.88. The molecule has 0 aliphatic carbocycles. The smallest absolute Gasteiger partial charge is 0.287 e. The van der Waals surface area contributed by atoms with Crippen LogP contribution >= 0.6 is 0 Å². The van der Waals surface area contributed by atoms with Crippen LogP contribution in [0.1, 0.15) is 49.2 Å². The number of likely N-dealkylation sites (N-methyl/N-ethyl adjacent to an activating group) is 1. The summed E-state index contributed by atoms with van der Waals surface area (Å²) in [6.07, 6.45) is 2.76. The molecule has 1 aromatic heterocycles. The predicted molar refractivity (Wildman–Crippen MR) is 122 cm³/mol. The van der Waals surface area contributed by atoms with Crippen LogP contribution < -0.4 is 16.0 Å². The monoisotopic (exact) mass is 443 g/mol.